The molecule has 1 N–H and O–H groups in total. The fraction of sp³-hybridized carbons (Fsp3) is 0.650. The van der Waals surface area contributed by atoms with E-state index in [0.717, 1.165) is 44.4 Å². The molecule has 0 unspecified atom stereocenters. The Morgan fingerprint density at radius 2 is 1.78 bits per heavy atom. The maximum atomic E-state index is 14.4. The second-order valence-electron chi connectivity index (χ2n) is 8.13. The van der Waals surface area contributed by atoms with E-state index in [1.807, 2.05) is 0 Å². The van der Waals surface area contributed by atoms with Crippen LogP contribution in [0.4, 0.5) is 17.6 Å². The molecule has 1 aromatic carbocycles. The highest BCUT2D eigenvalue weighted by molar-refractivity contribution is 5.80. The van der Waals surface area contributed by atoms with Crippen molar-refractivity contribution in [2.45, 2.75) is 64.0 Å². The fourth-order valence-electron chi connectivity index (χ4n) is 3.56. The summed E-state index contributed by atoms with van der Waals surface area (Å²) in [6.07, 6.45) is -1.12. The van der Waals surface area contributed by atoms with Crippen LogP contribution in [0.15, 0.2) is 18.2 Å². The quantitative estimate of drug-likeness (QED) is 0.761. The molecule has 0 bridgehead atoms. The number of halogens is 4. The van der Waals surface area contributed by atoms with Crippen LogP contribution in [-0.4, -0.2) is 29.9 Å². The molecule has 27 heavy (non-hydrogen) atoms. The van der Waals surface area contributed by atoms with Gasteiger partial charge in [-0.1, -0.05) is 6.07 Å². The second kappa shape index (κ2) is 7.41. The molecule has 2 fully saturated rings. The first kappa shape index (κ1) is 20.1. The van der Waals surface area contributed by atoms with E-state index >= 15 is 0 Å². The maximum absolute atomic E-state index is 14.4. The van der Waals surface area contributed by atoms with Crippen LogP contribution in [0.1, 0.15) is 56.2 Å². The minimum absolute atomic E-state index is 0.0110. The smallest absolute Gasteiger partial charge is 0.335 e. The monoisotopic (exact) mass is 386 g/mol. The average Bonchev–Trinajstić information content (AvgIpc) is 3.43. The summed E-state index contributed by atoms with van der Waals surface area (Å²) in [4.78, 5) is 14.6. The van der Waals surface area contributed by atoms with Gasteiger partial charge in [0.15, 0.2) is 0 Å². The van der Waals surface area contributed by atoms with Crippen LogP contribution in [0.3, 0.4) is 0 Å². The lowest BCUT2D eigenvalue weighted by Crippen LogP contribution is -2.43. The largest absolute Gasteiger partial charge is 0.416 e. The third-order valence-electron chi connectivity index (χ3n) is 5.28. The number of piperidine rings is 1. The summed E-state index contributed by atoms with van der Waals surface area (Å²) < 4.78 is 54.2. The van der Waals surface area contributed by atoms with Crippen molar-refractivity contribution in [3.63, 3.8) is 0 Å². The Morgan fingerprint density at radius 1 is 1.11 bits per heavy atom. The topological polar surface area (TPSA) is 32.3 Å². The molecular formula is C20H26F4N2O. The van der Waals surface area contributed by atoms with Gasteiger partial charge in [0.1, 0.15) is 5.67 Å². The van der Waals surface area contributed by atoms with Crippen LogP contribution in [0.25, 0.3) is 0 Å². The highest BCUT2D eigenvalue weighted by Gasteiger charge is 2.37. The van der Waals surface area contributed by atoms with Crippen molar-refractivity contribution in [2.75, 3.05) is 13.1 Å². The minimum Gasteiger partial charge on any atom is -0.335 e. The number of hydrogen-bond donors (Lipinski definition) is 1. The van der Waals surface area contributed by atoms with E-state index in [4.69, 9.17) is 0 Å². The summed E-state index contributed by atoms with van der Waals surface area (Å²) in [7, 11) is 0. The summed E-state index contributed by atoms with van der Waals surface area (Å²) in [6, 6.07) is 3.43. The van der Waals surface area contributed by atoms with Crippen LogP contribution < -0.4 is 5.32 Å². The molecule has 1 saturated heterocycles. The molecule has 3 nitrogen and oxygen atoms in total. The van der Waals surface area contributed by atoms with E-state index in [1.54, 1.807) is 4.90 Å². The van der Waals surface area contributed by atoms with Gasteiger partial charge in [0, 0.05) is 19.1 Å². The van der Waals surface area contributed by atoms with Crippen molar-refractivity contribution in [3.05, 3.63) is 34.9 Å². The van der Waals surface area contributed by atoms with Gasteiger partial charge in [-0.3, -0.25) is 4.79 Å². The lowest BCUT2D eigenvalue weighted by Gasteiger charge is -2.30. The number of carbonyl (C=O) groups excluding carboxylic acids is 1. The van der Waals surface area contributed by atoms with Gasteiger partial charge in [0.05, 0.1) is 11.5 Å². The van der Waals surface area contributed by atoms with Gasteiger partial charge in [-0.25, -0.2) is 4.39 Å². The fourth-order valence-corrected chi connectivity index (χ4v) is 3.56. The first-order valence-electron chi connectivity index (χ1n) is 9.47. The summed E-state index contributed by atoms with van der Waals surface area (Å²) >= 11 is 0. The summed E-state index contributed by atoms with van der Waals surface area (Å²) in [6.45, 7) is 4.06. The zero-order valence-corrected chi connectivity index (χ0v) is 15.7. The number of alkyl halides is 4. The molecule has 3 rings (SSSR count). The van der Waals surface area contributed by atoms with Gasteiger partial charge in [0.25, 0.3) is 0 Å². The van der Waals surface area contributed by atoms with Gasteiger partial charge in [0.2, 0.25) is 5.91 Å². The molecule has 1 saturated carbocycles. The van der Waals surface area contributed by atoms with Crippen LogP contribution in [0, 0.1) is 5.92 Å². The molecular weight excluding hydrogens is 360 g/mol. The minimum atomic E-state index is -4.56. The Hall–Kier alpha value is -1.63. The Bertz CT molecular complexity index is 654. The van der Waals surface area contributed by atoms with Crippen molar-refractivity contribution < 1.29 is 22.4 Å². The van der Waals surface area contributed by atoms with E-state index in [2.05, 4.69) is 5.32 Å². The lowest BCUT2D eigenvalue weighted by atomic mass is 9.94. The Balaban J connectivity index is 1.88. The summed E-state index contributed by atoms with van der Waals surface area (Å²) in [5.41, 5.74) is -2.45. The number of hydrogen-bond acceptors (Lipinski definition) is 2. The molecule has 0 radical (unpaired) electrons. The van der Waals surface area contributed by atoms with Gasteiger partial charge >= 0.3 is 6.18 Å². The zero-order chi connectivity index (χ0) is 19.8. The van der Waals surface area contributed by atoms with Crippen LogP contribution in [0.5, 0.6) is 0 Å². The molecule has 1 atom stereocenters. The number of nitrogens with one attached hydrogen (secondary N) is 1. The third-order valence-corrected chi connectivity index (χ3v) is 5.28. The molecule has 1 aromatic rings. The highest BCUT2D eigenvalue weighted by atomic mass is 19.4. The van der Waals surface area contributed by atoms with Gasteiger partial charge in [-0.15, -0.1) is 0 Å². The molecule has 1 amide bonds. The first-order chi connectivity index (χ1) is 12.6. The molecule has 1 heterocycles. The van der Waals surface area contributed by atoms with E-state index in [0.29, 0.717) is 12.1 Å². The molecule has 7 heteroatoms. The van der Waals surface area contributed by atoms with Crippen molar-refractivity contribution >= 4 is 5.91 Å². The first-order valence-corrected chi connectivity index (χ1v) is 9.47. The Kier molecular flexibility index (Phi) is 5.52. The standard InChI is InChI=1S/C20H26F4N2O/c1-19(2,21)15-8-13(9-16(10-15)20(22,23)24)12-26(17-5-6-17)18(27)14-4-3-7-25-11-14/h8-10,14,17,25H,3-7,11-12H2,1-2H3/t14-/m1/s1. The van der Waals surface area contributed by atoms with E-state index < -0.39 is 17.4 Å². The van der Waals surface area contributed by atoms with Gasteiger partial charge in [-0.2, -0.15) is 13.2 Å². The number of nitrogens with zero attached hydrogens (tertiary/aromatic N) is 1. The van der Waals surface area contributed by atoms with Crippen molar-refractivity contribution in [1.29, 1.82) is 0 Å². The molecule has 150 valence electrons. The molecule has 1 aliphatic heterocycles. The number of amides is 1. The second-order valence-corrected chi connectivity index (χ2v) is 8.13. The van der Waals surface area contributed by atoms with E-state index in [9.17, 15) is 22.4 Å². The predicted octanol–water partition coefficient (Wildman–Crippen LogP) is 4.40. The number of benzene rings is 1. The van der Waals surface area contributed by atoms with Crippen LogP contribution in [0.2, 0.25) is 0 Å². The van der Waals surface area contributed by atoms with Crippen molar-refractivity contribution in [2.24, 2.45) is 5.92 Å². The average molecular weight is 386 g/mol. The molecule has 0 aromatic heterocycles. The Morgan fingerprint density at radius 3 is 2.30 bits per heavy atom. The molecule has 0 spiro atoms. The van der Waals surface area contributed by atoms with Gasteiger partial charge < -0.3 is 10.2 Å². The summed E-state index contributed by atoms with van der Waals surface area (Å²) in [5.74, 6) is -0.148. The highest BCUT2D eigenvalue weighted by Crippen LogP contribution is 2.36. The SMILES string of the molecule is CC(C)(F)c1cc(CN(C(=O)[C@@H]2CCCNC2)C2CC2)cc(C(F)(F)F)c1. The number of rotatable bonds is 5. The van der Waals surface area contributed by atoms with Gasteiger partial charge in [-0.05, 0) is 69.3 Å². The zero-order valence-electron chi connectivity index (χ0n) is 15.7. The predicted molar refractivity (Wildman–Crippen MR) is 94.7 cm³/mol. The third kappa shape index (κ3) is 5.00. The maximum Gasteiger partial charge on any atom is 0.416 e. The van der Waals surface area contributed by atoms with Crippen LogP contribution >= 0.6 is 0 Å². The van der Waals surface area contributed by atoms with Crippen molar-refractivity contribution in [3.8, 4) is 0 Å². The van der Waals surface area contributed by atoms with Crippen LogP contribution in [-0.2, 0) is 23.2 Å². The molecule has 1 aliphatic carbocycles. The molecule has 2 aliphatic rings. The number of carbonyl (C=O) groups is 1. The lowest BCUT2D eigenvalue weighted by molar-refractivity contribution is -0.137. The van der Waals surface area contributed by atoms with E-state index in [-0.39, 0.29) is 30.0 Å². The summed E-state index contributed by atoms with van der Waals surface area (Å²) in [5, 5.41) is 3.21. The Labute approximate surface area is 157 Å². The van der Waals surface area contributed by atoms with Crippen molar-refractivity contribution in [1.82, 2.24) is 10.2 Å². The van der Waals surface area contributed by atoms with E-state index in [1.165, 1.54) is 19.9 Å². The normalized spacial score (nSPS) is 21.2.